The summed E-state index contributed by atoms with van der Waals surface area (Å²) in [5.41, 5.74) is -0.118. The molecule has 19 heavy (non-hydrogen) atoms. The summed E-state index contributed by atoms with van der Waals surface area (Å²) in [7, 11) is 0. The van der Waals surface area contributed by atoms with Crippen LogP contribution in [0.2, 0.25) is 0 Å². The first-order chi connectivity index (χ1) is 8.98. The lowest BCUT2D eigenvalue weighted by Crippen LogP contribution is -2.36. The largest absolute Gasteiger partial charge is 0.481 e. The molecule has 0 spiro atoms. The Morgan fingerprint density at radius 3 is 2.84 bits per heavy atom. The Morgan fingerprint density at radius 2 is 2.32 bits per heavy atom. The number of carbonyl (C=O) groups excluding carboxylic acids is 1. The van der Waals surface area contributed by atoms with Crippen molar-refractivity contribution in [2.45, 2.75) is 26.2 Å². The summed E-state index contributed by atoms with van der Waals surface area (Å²) in [6.07, 6.45) is 1.99. The monoisotopic (exact) mass is 345 g/mol. The first-order valence-electron chi connectivity index (χ1n) is 6.25. The van der Waals surface area contributed by atoms with Crippen LogP contribution >= 0.6 is 27.3 Å². The zero-order valence-electron chi connectivity index (χ0n) is 10.7. The molecular weight excluding hydrogens is 330 g/mol. The second kappa shape index (κ2) is 5.63. The van der Waals surface area contributed by atoms with Crippen molar-refractivity contribution in [3.63, 3.8) is 0 Å². The summed E-state index contributed by atoms with van der Waals surface area (Å²) < 4.78 is 0.910. The molecule has 0 aromatic carbocycles. The fraction of sp³-hybridized carbons (Fsp3) is 0.538. The molecule has 1 N–H and O–H groups in total. The molecule has 4 nitrogen and oxygen atoms in total. The normalized spacial score (nSPS) is 22.7. The number of hydrogen-bond donors (Lipinski definition) is 1. The fourth-order valence-electron chi connectivity index (χ4n) is 2.61. The predicted octanol–water partition coefficient (Wildman–Crippen LogP) is 3.23. The Balaban J connectivity index is 2.13. The van der Waals surface area contributed by atoms with E-state index in [4.69, 9.17) is 0 Å². The maximum Gasteiger partial charge on any atom is 0.311 e. The van der Waals surface area contributed by atoms with Crippen LogP contribution in [0.5, 0.6) is 0 Å². The molecule has 1 unspecified atom stereocenters. The predicted molar refractivity (Wildman–Crippen MR) is 77.5 cm³/mol. The molecule has 0 bridgehead atoms. The summed E-state index contributed by atoms with van der Waals surface area (Å²) >= 11 is 4.79. The quantitative estimate of drug-likeness (QED) is 0.911. The van der Waals surface area contributed by atoms with E-state index in [1.54, 1.807) is 16.3 Å². The first kappa shape index (κ1) is 14.5. The van der Waals surface area contributed by atoms with Crippen LogP contribution in [0.1, 0.15) is 36.5 Å². The summed E-state index contributed by atoms with van der Waals surface area (Å²) in [5.74, 6) is -0.850. The van der Waals surface area contributed by atoms with Gasteiger partial charge in [0.25, 0.3) is 5.91 Å². The van der Waals surface area contributed by atoms with E-state index in [-0.39, 0.29) is 5.91 Å². The van der Waals surface area contributed by atoms with Crippen LogP contribution in [0.25, 0.3) is 0 Å². The Hall–Kier alpha value is -0.880. The molecule has 6 heteroatoms. The molecule has 0 saturated carbocycles. The number of nitrogens with zero attached hydrogens (tertiary/aromatic N) is 1. The molecule has 1 atom stereocenters. The van der Waals surface area contributed by atoms with Crippen molar-refractivity contribution < 1.29 is 14.7 Å². The minimum absolute atomic E-state index is 0.0684. The van der Waals surface area contributed by atoms with Crippen LogP contribution in [-0.2, 0) is 4.79 Å². The maximum absolute atomic E-state index is 12.3. The molecule has 104 valence electrons. The minimum Gasteiger partial charge on any atom is -0.481 e. The standard InChI is InChI=1S/C13H16BrNO3S/c1-2-3-13(12(17)18)4-5-15(8-13)11(16)9-6-10(14)19-7-9/h6-7H,2-5,8H2,1H3,(H,17,18). The maximum atomic E-state index is 12.3. The highest BCUT2D eigenvalue weighted by Crippen LogP contribution is 2.36. The van der Waals surface area contributed by atoms with Crippen molar-refractivity contribution in [3.8, 4) is 0 Å². The molecule has 1 aromatic rings. The number of amides is 1. The van der Waals surface area contributed by atoms with Crippen LogP contribution in [0.15, 0.2) is 15.2 Å². The van der Waals surface area contributed by atoms with Gasteiger partial charge in [-0.3, -0.25) is 9.59 Å². The molecular formula is C13H16BrNO3S. The van der Waals surface area contributed by atoms with E-state index < -0.39 is 11.4 Å². The fourth-order valence-corrected chi connectivity index (χ4v) is 3.75. The van der Waals surface area contributed by atoms with E-state index >= 15 is 0 Å². The highest BCUT2D eigenvalue weighted by atomic mass is 79.9. The van der Waals surface area contributed by atoms with Crippen molar-refractivity contribution in [2.24, 2.45) is 5.41 Å². The van der Waals surface area contributed by atoms with Crippen LogP contribution < -0.4 is 0 Å². The number of aliphatic carboxylic acids is 1. The van der Waals surface area contributed by atoms with Gasteiger partial charge in [0.1, 0.15) is 0 Å². The molecule has 0 radical (unpaired) electrons. The van der Waals surface area contributed by atoms with Crippen LogP contribution in [-0.4, -0.2) is 35.0 Å². The Labute approximate surface area is 124 Å². The van der Waals surface area contributed by atoms with Gasteiger partial charge in [-0.25, -0.2) is 0 Å². The third-order valence-corrected chi connectivity index (χ3v) is 5.14. The molecule has 1 saturated heterocycles. The number of rotatable bonds is 4. The van der Waals surface area contributed by atoms with E-state index in [0.717, 1.165) is 10.2 Å². The SMILES string of the molecule is CCCC1(C(=O)O)CCN(C(=O)c2csc(Br)c2)C1. The second-order valence-electron chi connectivity index (χ2n) is 4.95. The van der Waals surface area contributed by atoms with Crippen LogP contribution in [0.4, 0.5) is 0 Å². The van der Waals surface area contributed by atoms with Crippen LogP contribution in [0.3, 0.4) is 0 Å². The number of carboxylic acid groups (broad SMARTS) is 1. The highest BCUT2D eigenvalue weighted by molar-refractivity contribution is 9.11. The molecule has 1 aromatic heterocycles. The van der Waals surface area contributed by atoms with Crippen molar-refractivity contribution in [1.82, 2.24) is 4.90 Å². The first-order valence-corrected chi connectivity index (χ1v) is 7.92. The second-order valence-corrected chi connectivity index (χ2v) is 7.24. The zero-order chi connectivity index (χ0) is 14.0. The van der Waals surface area contributed by atoms with Crippen molar-refractivity contribution in [3.05, 3.63) is 20.8 Å². The van der Waals surface area contributed by atoms with E-state index in [1.807, 2.05) is 6.92 Å². The molecule has 0 aliphatic carbocycles. The Kier molecular flexibility index (Phi) is 4.30. The lowest BCUT2D eigenvalue weighted by Gasteiger charge is -2.24. The van der Waals surface area contributed by atoms with E-state index in [9.17, 15) is 14.7 Å². The number of carbonyl (C=O) groups is 2. The average Bonchev–Trinajstić information content (AvgIpc) is 2.96. The summed E-state index contributed by atoms with van der Waals surface area (Å²) in [6.45, 7) is 2.83. The van der Waals surface area contributed by atoms with Gasteiger partial charge < -0.3 is 10.0 Å². The third kappa shape index (κ3) is 2.84. The number of carboxylic acids is 1. The zero-order valence-corrected chi connectivity index (χ0v) is 13.1. The molecule has 1 fully saturated rings. The van der Waals surface area contributed by atoms with Gasteiger partial charge in [-0.05, 0) is 34.8 Å². The summed E-state index contributed by atoms with van der Waals surface area (Å²) in [5, 5.41) is 11.2. The number of thiophene rings is 1. The highest BCUT2D eigenvalue weighted by Gasteiger charge is 2.45. The molecule has 2 heterocycles. The van der Waals surface area contributed by atoms with Gasteiger partial charge >= 0.3 is 5.97 Å². The van der Waals surface area contributed by atoms with Crippen molar-refractivity contribution >= 4 is 39.1 Å². The van der Waals surface area contributed by atoms with Gasteiger partial charge in [-0.2, -0.15) is 0 Å². The lowest BCUT2D eigenvalue weighted by atomic mass is 9.83. The molecule has 1 aliphatic rings. The van der Waals surface area contributed by atoms with Crippen LogP contribution in [0, 0.1) is 5.41 Å². The summed E-state index contributed by atoms with van der Waals surface area (Å²) in [6, 6.07) is 1.79. The smallest absolute Gasteiger partial charge is 0.311 e. The third-order valence-electron chi connectivity index (χ3n) is 3.64. The van der Waals surface area contributed by atoms with Crippen molar-refractivity contribution in [1.29, 1.82) is 0 Å². The van der Waals surface area contributed by atoms with Gasteiger partial charge in [-0.15, -0.1) is 11.3 Å². The minimum atomic E-state index is -0.781. The van der Waals surface area contributed by atoms with Gasteiger partial charge in [0.05, 0.1) is 14.8 Å². The molecule has 1 amide bonds. The van der Waals surface area contributed by atoms with Gasteiger partial charge in [0.15, 0.2) is 0 Å². The molecule has 1 aliphatic heterocycles. The van der Waals surface area contributed by atoms with E-state index in [0.29, 0.717) is 31.5 Å². The van der Waals surface area contributed by atoms with Gasteiger partial charge in [-0.1, -0.05) is 13.3 Å². The van der Waals surface area contributed by atoms with Gasteiger partial charge in [0, 0.05) is 18.5 Å². The summed E-state index contributed by atoms with van der Waals surface area (Å²) in [4.78, 5) is 25.4. The van der Waals surface area contributed by atoms with E-state index in [2.05, 4.69) is 15.9 Å². The Morgan fingerprint density at radius 1 is 1.58 bits per heavy atom. The van der Waals surface area contributed by atoms with Crippen molar-refractivity contribution in [2.75, 3.05) is 13.1 Å². The number of hydrogen-bond acceptors (Lipinski definition) is 3. The van der Waals surface area contributed by atoms with E-state index in [1.165, 1.54) is 11.3 Å². The average molecular weight is 346 g/mol. The number of halogens is 1. The lowest BCUT2D eigenvalue weighted by molar-refractivity contribution is -0.148. The number of likely N-dealkylation sites (tertiary alicyclic amines) is 1. The van der Waals surface area contributed by atoms with Gasteiger partial charge in [0.2, 0.25) is 0 Å². The Bertz CT molecular complexity index is 502. The topological polar surface area (TPSA) is 57.6 Å². The molecule has 2 rings (SSSR count).